The highest BCUT2D eigenvalue weighted by molar-refractivity contribution is 7.90. The zero-order valence-electron chi connectivity index (χ0n) is 17.9. The van der Waals surface area contributed by atoms with Crippen LogP contribution >= 0.6 is 0 Å². The molecular weight excluding hydrogens is 432 g/mol. The van der Waals surface area contributed by atoms with Gasteiger partial charge in [-0.25, -0.2) is 13.2 Å². The number of hydrogen-bond donors (Lipinski definition) is 1. The third-order valence-electron chi connectivity index (χ3n) is 5.59. The number of hydrogen-bond acceptors (Lipinski definition) is 7. The maximum atomic E-state index is 12.6. The SMILES string of the molecule is C[C@@H](OC(=O)C1=CC=CN2CCS(=O)(=O)N=C12)C(=O)Nc1ccc(N2CCCCC2)cc1. The van der Waals surface area contributed by atoms with E-state index < -0.39 is 28.0 Å². The van der Waals surface area contributed by atoms with Crippen molar-refractivity contribution in [2.24, 2.45) is 4.40 Å². The molecule has 32 heavy (non-hydrogen) atoms. The van der Waals surface area contributed by atoms with Gasteiger partial charge in [-0.05, 0) is 62.6 Å². The van der Waals surface area contributed by atoms with E-state index in [1.54, 1.807) is 17.2 Å². The lowest BCUT2D eigenvalue weighted by Gasteiger charge is -2.29. The first-order chi connectivity index (χ1) is 15.3. The standard InChI is InChI=1S/C22H26N4O5S/c1-16(21(27)23-17-7-9-18(10-8-17)25-11-3-2-4-12-25)31-22(28)19-6-5-13-26-14-15-32(29,30)24-20(19)26/h5-10,13,16H,2-4,11-12,14-15H2,1H3,(H,23,27)/t16-/m1/s1. The number of carbonyl (C=O) groups excluding carboxylic acids is 2. The molecule has 0 unspecified atom stereocenters. The van der Waals surface area contributed by atoms with Crippen LogP contribution in [-0.4, -0.2) is 62.5 Å². The number of allylic oxidation sites excluding steroid dienone is 2. The normalized spacial score (nSPS) is 20.5. The number of piperidine rings is 1. The zero-order valence-corrected chi connectivity index (χ0v) is 18.7. The number of sulfonamides is 1. The molecule has 0 spiro atoms. The predicted molar refractivity (Wildman–Crippen MR) is 122 cm³/mol. The van der Waals surface area contributed by atoms with Crippen LogP contribution in [0.4, 0.5) is 11.4 Å². The lowest BCUT2D eigenvalue weighted by Crippen LogP contribution is -2.41. The average molecular weight is 459 g/mol. The largest absolute Gasteiger partial charge is 0.449 e. The molecule has 1 aromatic rings. The maximum Gasteiger partial charge on any atom is 0.342 e. The Morgan fingerprint density at radius 2 is 1.81 bits per heavy atom. The van der Waals surface area contributed by atoms with Crippen LogP contribution in [0.15, 0.2) is 52.6 Å². The second-order valence-electron chi connectivity index (χ2n) is 7.95. The van der Waals surface area contributed by atoms with E-state index >= 15 is 0 Å². The van der Waals surface area contributed by atoms with Crippen LogP contribution in [0.3, 0.4) is 0 Å². The highest BCUT2D eigenvalue weighted by Gasteiger charge is 2.32. The van der Waals surface area contributed by atoms with Gasteiger partial charge in [-0.1, -0.05) is 0 Å². The van der Waals surface area contributed by atoms with Gasteiger partial charge in [0, 0.05) is 37.2 Å². The number of fused-ring (bicyclic) bond motifs is 1. The van der Waals surface area contributed by atoms with Crippen molar-refractivity contribution in [2.45, 2.75) is 32.3 Å². The van der Waals surface area contributed by atoms with Gasteiger partial charge in [0.2, 0.25) is 0 Å². The van der Waals surface area contributed by atoms with Gasteiger partial charge in [-0.3, -0.25) is 4.79 Å². The van der Waals surface area contributed by atoms with Crippen LogP contribution in [0.25, 0.3) is 0 Å². The number of rotatable bonds is 5. The van der Waals surface area contributed by atoms with Crippen LogP contribution in [0, 0.1) is 0 Å². The molecule has 1 atom stereocenters. The van der Waals surface area contributed by atoms with E-state index in [-0.39, 0.29) is 23.7 Å². The van der Waals surface area contributed by atoms with E-state index in [9.17, 15) is 18.0 Å². The van der Waals surface area contributed by atoms with Crippen molar-refractivity contribution >= 4 is 39.1 Å². The molecule has 0 bridgehead atoms. The fourth-order valence-electron chi connectivity index (χ4n) is 3.80. The Morgan fingerprint density at radius 1 is 1.09 bits per heavy atom. The summed E-state index contributed by atoms with van der Waals surface area (Å²) >= 11 is 0. The van der Waals surface area contributed by atoms with Crippen molar-refractivity contribution in [2.75, 3.05) is 35.6 Å². The first-order valence-electron chi connectivity index (χ1n) is 10.7. The smallest absolute Gasteiger partial charge is 0.342 e. The number of ether oxygens (including phenoxy) is 1. The third-order valence-corrected chi connectivity index (χ3v) is 6.74. The Hall–Kier alpha value is -3.14. The fourth-order valence-corrected chi connectivity index (χ4v) is 4.79. The molecule has 1 saturated heterocycles. The molecule has 0 aliphatic carbocycles. The van der Waals surface area contributed by atoms with Crippen molar-refractivity contribution in [1.29, 1.82) is 0 Å². The van der Waals surface area contributed by atoms with Crippen molar-refractivity contribution in [3.8, 4) is 0 Å². The van der Waals surface area contributed by atoms with Gasteiger partial charge in [-0.15, -0.1) is 4.40 Å². The lowest BCUT2D eigenvalue weighted by molar-refractivity contribution is -0.148. The summed E-state index contributed by atoms with van der Waals surface area (Å²) in [6.45, 7) is 3.74. The molecule has 3 aliphatic heterocycles. The molecular formula is C22H26N4O5S. The monoisotopic (exact) mass is 458 g/mol. The molecule has 3 heterocycles. The predicted octanol–water partition coefficient (Wildman–Crippen LogP) is 2.04. The molecule has 4 rings (SSSR count). The summed E-state index contributed by atoms with van der Waals surface area (Å²) in [7, 11) is -3.64. The van der Waals surface area contributed by atoms with E-state index in [0.29, 0.717) is 5.69 Å². The molecule has 1 amide bonds. The average Bonchev–Trinajstić information content (AvgIpc) is 2.79. The Balaban J connectivity index is 1.37. The Morgan fingerprint density at radius 3 is 2.53 bits per heavy atom. The van der Waals surface area contributed by atoms with Crippen LogP contribution in [0.1, 0.15) is 26.2 Å². The molecule has 0 radical (unpaired) electrons. The van der Waals surface area contributed by atoms with Gasteiger partial charge in [-0.2, -0.15) is 0 Å². The molecule has 0 saturated carbocycles. The Bertz CT molecular complexity index is 1090. The topological polar surface area (TPSA) is 108 Å². The molecule has 1 fully saturated rings. The number of nitrogens with zero attached hydrogens (tertiary/aromatic N) is 3. The quantitative estimate of drug-likeness (QED) is 0.673. The summed E-state index contributed by atoms with van der Waals surface area (Å²) in [4.78, 5) is 29.1. The van der Waals surface area contributed by atoms with E-state index in [1.807, 2.05) is 24.3 Å². The fraction of sp³-hybridized carbons (Fsp3) is 0.409. The van der Waals surface area contributed by atoms with Crippen LogP contribution < -0.4 is 10.2 Å². The van der Waals surface area contributed by atoms with Crippen molar-refractivity contribution < 1.29 is 22.7 Å². The maximum absolute atomic E-state index is 12.6. The summed E-state index contributed by atoms with van der Waals surface area (Å²) in [6, 6.07) is 7.58. The van der Waals surface area contributed by atoms with Crippen LogP contribution in [-0.2, 0) is 24.3 Å². The molecule has 1 aromatic carbocycles. The lowest BCUT2D eigenvalue weighted by atomic mass is 10.1. The zero-order chi connectivity index (χ0) is 22.7. The summed E-state index contributed by atoms with van der Waals surface area (Å²) < 4.78 is 32.7. The molecule has 1 N–H and O–H groups in total. The van der Waals surface area contributed by atoms with Crippen molar-refractivity contribution in [1.82, 2.24) is 4.90 Å². The second-order valence-corrected chi connectivity index (χ2v) is 9.70. The highest BCUT2D eigenvalue weighted by atomic mass is 32.2. The summed E-state index contributed by atoms with van der Waals surface area (Å²) in [5.74, 6) is -1.40. The number of carbonyl (C=O) groups is 2. The van der Waals surface area contributed by atoms with Crippen LogP contribution in [0.5, 0.6) is 0 Å². The Kier molecular flexibility index (Phi) is 6.31. The Labute approximate surface area is 187 Å². The third kappa shape index (κ3) is 5.01. The minimum absolute atomic E-state index is 0.00121. The number of nitrogens with one attached hydrogen (secondary N) is 1. The first kappa shape index (κ1) is 22.1. The van der Waals surface area contributed by atoms with Gasteiger partial charge in [0.15, 0.2) is 11.9 Å². The molecule has 170 valence electrons. The summed E-state index contributed by atoms with van der Waals surface area (Å²) in [5, 5.41) is 2.74. The van der Waals surface area contributed by atoms with Gasteiger partial charge < -0.3 is 19.9 Å². The van der Waals surface area contributed by atoms with Gasteiger partial charge in [0.05, 0.1) is 5.75 Å². The van der Waals surface area contributed by atoms with Gasteiger partial charge >= 0.3 is 5.97 Å². The van der Waals surface area contributed by atoms with Crippen LogP contribution in [0.2, 0.25) is 0 Å². The van der Waals surface area contributed by atoms with Crippen molar-refractivity contribution in [3.05, 3.63) is 48.2 Å². The number of amides is 1. The first-order valence-corrected chi connectivity index (χ1v) is 12.3. The van der Waals surface area contributed by atoms with E-state index in [1.165, 1.54) is 32.3 Å². The van der Waals surface area contributed by atoms with E-state index in [0.717, 1.165) is 18.8 Å². The number of anilines is 2. The minimum Gasteiger partial charge on any atom is -0.449 e. The summed E-state index contributed by atoms with van der Waals surface area (Å²) in [5.41, 5.74) is 1.72. The molecule has 9 nitrogen and oxygen atoms in total. The van der Waals surface area contributed by atoms with E-state index in [2.05, 4.69) is 14.6 Å². The van der Waals surface area contributed by atoms with E-state index in [4.69, 9.17) is 4.74 Å². The second kappa shape index (κ2) is 9.15. The number of benzene rings is 1. The molecule has 10 heteroatoms. The molecule has 3 aliphatic rings. The summed E-state index contributed by atoms with van der Waals surface area (Å²) in [6.07, 6.45) is 7.24. The van der Waals surface area contributed by atoms with Gasteiger partial charge in [0.25, 0.3) is 15.9 Å². The highest BCUT2D eigenvalue weighted by Crippen LogP contribution is 2.22. The number of esters is 1. The van der Waals surface area contributed by atoms with Crippen molar-refractivity contribution in [3.63, 3.8) is 0 Å². The number of amidine groups is 1. The van der Waals surface area contributed by atoms with Gasteiger partial charge in [0.1, 0.15) is 5.57 Å². The molecule has 0 aromatic heterocycles. The minimum atomic E-state index is -3.64.